The summed E-state index contributed by atoms with van der Waals surface area (Å²) in [6.45, 7) is 1.01. The molecule has 102 valence electrons. The third-order valence-corrected chi connectivity index (χ3v) is 2.25. The summed E-state index contributed by atoms with van der Waals surface area (Å²) in [6.07, 6.45) is -5.82. The zero-order valence-corrected chi connectivity index (χ0v) is 9.59. The van der Waals surface area contributed by atoms with Crippen LogP contribution in [-0.2, 0) is 9.53 Å². The number of esters is 1. The van der Waals surface area contributed by atoms with Gasteiger partial charge < -0.3 is 14.9 Å². The van der Waals surface area contributed by atoms with E-state index in [4.69, 9.17) is 5.11 Å². The standard InChI is InChI=1S/C10H17F3O4/c1-2-3-6-17-8(15)7-9(16,4-5-14)10(11,12)13/h14,16H,2-7H2,1H3. The highest BCUT2D eigenvalue weighted by molar-refractivity contribution is 5.70. The molecule has 1 unspecified atom stereocenters. The van der Waals surface area contributed by atoms with Crippen LogP contribution in [0.3, 0.4) is 0 Å². The van der Waals surface area contributed by atoms with E-state index in [0.717, 1.165) is 6.42 Å². The van der Waals surface area contributed by atoms with Gasteiger partial charge in [0.2, 0.25) is 0 Å². The van der Waals surface area contributed by atoms with Gasteiger partial charge in [0.25, 0.3) is 0 Å². The molecule has 0 radical (unpaired) electrons. The van der Waals surface area contributed by atoms with Gasteiger partial charge in [-0.2, -0.15) is 13.2 Å². The largest absolute Gasteiger partial charge is 0.466 e. The lowest BCUT2D eigenvalue weighted by Crippen LogP contribution is -2.47. The van der Waals surface area contributed by atoms with E-state index in [9.17, 15) is 23.1 Å². The highest BCUT2D eigenvalue weighted by Crippen LogP contribution is 2.35. The topological polar surface area (TPSA) is 66.8 Å². The van der Waals surface area contributed by atoms with Crippen LogP contribution in [0.2, 0.25) is 0 Å². The number of ether oxygens (including phenoxy) is 1. The Morgan fingerprint density at radius 3 is 2.35 bits per heavy atom. The Kier molecular flexibility index (Phi) is 6.48. The molecule has 0 amide bonds. The second kappa shape index (κ2) is 6.80. The number of rotatable bonds is 7. The molecule has 0 fully saturated rings. The summed E-state index contributed by atoms with van der Waals surface area (Å²) in [5, 5.41) is 17.8. The number of alkyl halides is 3. The number of carbonyl (C=O) groups is 1. The molecule has 0 aliphatic carbocycles. The zero-order chi connectivity index (χ0) is 13.5. The lowest BCUT2D eigenvalue weighted by molar-refractivity contribution is -0.267. The maximum absolute atomic E-state index is 12.5. The fourth-order valence-corrected chi connectivity index (χ4v) is 1.14. The summed E-state index contributed by atoms with van der Waals surface area (Å²) >= 11 is 0. The molecular formula is C10H17F3O4. The predicted molar refractivity (Wildman–Crippen MR) is 53.2 cm³/mol. The monoisotopic (exact) mass is 258 g/mol. The van der Waals surface area contributed by atoms with Gasteiger partial charge in [-0.3, -0.25) is 4.79 Å². The SMILES string of the molecule is CCCCOC(=O)CC(O)(CCO)C(F)(F)F. The van der Waals surface area contributed by atoms with Crippen LogP contribution in [-0.4, -0.2) is 41.2 Å². The zero-order valence-electron chi connectivity index (χ0n) is 9.59. The van der Waals surface area contributed by atoms with Gasteiger partial charge in [-0.1, -0.05) is 13.3 Å². The number of aliphatic hydroxyl groups is 2. The second-order valence-electron chi connectivity index (χ2n) is 3.75. The smallest absolute Gasteiger partial charge is 0.417 e. The maximum Gasteiger partial charge on any atom is 0.417 e. The molecule has 0 saturated carbocycles. The van der Waals surface area contributed by atoms with Crippen molar-refractivity contribution in [3.8, 4) is 0 Å². The Balaban J connectivity index is 4.40. The normalized spacial score (nSPS) is 15.4. The van der Waals surface area contributed by atoms with Gasteiger partial charge >= 0.3 is 12.1 Å². The summed E-state index contributed by atoms with van der Waals surface area (Å²) in [4.78, 5) is 11.1. The maximum atomic E-state index is 12.5. The first-order valence-electron chi connectivity index (χ1n) is 5.32. The van der Waals surface area contributed by atoms with Crippen LogP contribution in [0.1, 0.15) is 32.6 Å². The minimum Gasteiger partial charge on any atom is -0.466 e. The molecule has 0 bridgehead atoms. The Labute approximate surface area is 97.4 Å². The molecule has 2 N–H and O–H groups in total. The Bertz CT molecular complexity index is 242. The van der Waals surface area contributed by atoms with Crippen molar-refractivity contribution in [3.05, 3.63) is 0 Å². The van der Waals surface area contributed by atoms with Crippen LogP contribution in [0, 0.1) is 0 Å². The van der Waals surface area contributed by atoms with E-state index in [1.807, 2.05) is 6.92 Å². The molecule has 1 atom stereocenters. The number of hydrogen-bond donors (Lipinski definition) is 2. The van der Waals surface area contributed by atoms with Gasteiger partial charge in [0, 0.05) is 13.0 Å². The number of aliphatic hydroxyl groups excluding tert-OH is 1. The minimum atomic E-state index is -4.97. The van der Waals surface area contributed by atoms with Crippen molar-refractivity contribution >= 4 is 5.97 Å². The van der Waals surface area contributed by atoms with Crippen molar-refractivity contribution in [1.29, 1.82) is 0 Å². The third kappa shape index (κ3) is 5.36. The van der Waals surface area contributed by atoms with Crippen LogP contribution in [0.15, 0.2) is 0 Å². The van der Waals surface area contributed by atoms with Gasteiger partial charge in [0.15, 0.2) is 5.60 Å². The highest BCUT2D eigenvalue weighted by Gasteiger charge is 2.54. The molecule has 0 spiro atoms. The summed E-state index contributed by atoms with van der Waals surface area (Å²) in [7, 11) is 0. The van der Waals surface area contributed by atoms with Gasteiger partial charge in [0.05, 0.1) is 13.0 Å². The van der Waals surface area contributed by atoms with Crippen LogP contribution in [0.25, 0.3) is 0 Å². The number of unbranched alkanes of at least 4 members (excludes halogenated alkanes) is 1. The van der Waals surface area contributed by atoms with E-state index in [1.165, 1.54) is 0 Å². The molecule has 0 saturated heterocycles. The summed E-state index contributed by atoms with van der Waals surface area (Å²) < 4.78 is 42.0. The van der Waals surface area contributed by atoms with Crippen LogP contribution >= 0.6 is 0 Å². The summed E-state index contributed by atoms with van der Waals surface area (Å²) in [6, 6.07) is 0. The first-order valence-corrected chi connectivity index (χ1v) is 5.32. The van der Waals surface area contributed by atoms with Crippen LogP contribution in [0.4, 0.5) is 13.2 Å². The highest BCUT2D eigenvalue weighted by atomic mass is 19.4. The summed E-state index contributed by atoms with van der Waals surface area (Å²) in [5.74, 6) is -1.12. The van der Waals surface area contributed by atoms with E-state index < -0.39 is 37.2 Å². The lowest BCUT2D eigenvalue weighted by atomic mass is 9.95. The molecule has 7 heteroatoms. The van der Waals surface area contributed by atoms with Crippen molar-refractivity contribution in [2.24, 2.45) is 0 Å². The Morgan fingerprint density at radius 1 is 1.35 bits per heavy atom. The molecule has 0 aromatic rings. The average Bonchev–Trinajstić information content (AvgIpc) is 2.16. The number of carbonyl (C=O) groups excluding carboxylic acids is 1. The van der Waals surface area contributed by atoms with E-state index in [1.54, 1.807) is 0 Å². The third-order valence-electron chi connectivity index (χ3n) is 2.25. The molecule has 0 aliphatic heterocycles. The van der Waals surface area contributed by atoms with E-state index >= 15 is 0 Å². The van der Waals surface area contributed by atoms with E-state index in [-0.39, 0.29) is 6.61 Å². The molecular weight excluding hydrogens is 241 g/mol. The molecule has 4 nitrogen and oxygen atoms in total. The van der Waals surface area contributed by atoms with Crippen molar-refractivity contribution in [3.63, 3.8) is 0 Å². The van der Waals surface area contributed by atoms with Crippen molar-refractivity contribution < 1.29 is 32.9 Å². The molecule has 17 heavy (non-hydrogen) atoms. The number of halogens is 3. The molecule has 0 aromatic carbocycles. The van der Waals surface area contributed by atoms with Crippen LogP contribution in [0.5, 0.6) is 0 Å². The summed E-state index contributed by atoms with van der Waals surface area (Å²) in [5.41, 5.74) is -3.22. The fraction of sp³-hybridized carbons (Fsp3) is 0.900. The Hall–Kier alpha value is -0.820. The van der Waals surface area contributed by atoms with Crippen molar-refractivity contribution in [1.82, 2.24) is 0 Å². The molecule has 0 aromatic heterocycles. The molecule has 0 heterocycles. The predicted octanol–water partition coefficient (Wildman–Crippen LogP) is 1.40. The fourth-order valence-electron chi connectivity index (χ4n) is 1.14. The van der Waals surface area contributed by atoms with Gasteiger partial charge in [0.1, 0.15) is 0 Å². The average molecular weight is 258 g/mol. The van der Waals surface area contributed by atoms with E-state index in [0.29, 0.717) is 6.42 Å². The molecule has 0 aliphatic rings. The number of hydrogen-bond acceptors (Lipinski definition) is 4. The quantitative estimate of drug-likeness (QED) is 0.535. The first-order chi connectivity index (χ1) is 7.77. The van der Waals surface area contributed by atoms with Gasteiger partial charge in [-0.15, -0.1) is 0 Å². The Morgan fingerprint density at radius 2 is 1.94 bits per heavy atom. The van der Waals surface area contributed by atoms with Crippen molar-refractivity contribution in [2.45, 2.75) is 44.4 Å². The van der Waals surface area contributed by atoms with Gasteiger partial charge in [-0.25, -0.2) is 0 Å². The lowest BCUT2D eigenvalue weighted by Gasteiger charge is -2.28. The van der Waals surface area contributed by atoms with Gasteiger partial charge in [-0.05, 0) is 6.42 Å². The minimum absolute atomic E-state index is 0.0302. The van der Waals surface area contributed by atoms with E-state index in [2.05, 4.69) is 4.74 Å². The van der Waals surface area contributed by atoms with Crippen molar-refractivity contribution in [2.75, 3.05) is 13.2 Å². The van der Waals surface area contributed by atoms with Crippen LogP contribution < -0.4 is 0 Å². The molecule has 0 rings (SSSR count). The second-order valence-corrected chi connectivity index (χ2v) is 3.75. The first kappa shape index (κ1) is 16.2.